The second kappa shape index (κ2) is 6.98. The van der Waals surface area contributed by atoms with Gasteiger partial charge in [0.2, 0.25) is 0 Å². The predicted octanol–water partition coefficient (Wildman–Crippen LogP) is 2.39. The van der Waals surface area contributed by atoms with Gasteiger partial charge in [-0.3, -0.25) is 5.32 Å². The van der Waals surface area contributed by atoms with E-state index >= 15 is 0 Å². The highest BCUT2D eigenvalue weighted by atomic mass is 15.2. The van der Waals surface area contributed by atoms with Crippen molar-refractivity contribution < 1.29 is 0 Å². The van der Waals surface area contributed by atoms with Gasteiger partial charge in [0.25, 0.3) is 0 Å². The minimum Gasteiger partial charge on any atom is -0.301 e. The largest absolute Gasteiger partial charge is 0.301 e. The Labute approximate surface area is 106 Å². The lowest BCUT2D eigenvalue weighted by molar-refractivity contribution is 0.202. The van der Waals surface area contributed by atoms with E-state index < -0.39 is 0 Å². The Kier molecular flexibility index (Phi) is 5.94. The summed E-state index contributed by atoms with van der Waals surface area (Å²) in [4.78, 5) is 2.42. The quantitative estimate of drug-likeness (QED) is 0.669. The molecule has 0 aromatic heterocycles. The maximum Gasteiger partial charge on any atom is 0.122 e. The molecule has 1 rings (SSSR count). The molecule has 0 radical (unpaired) electrons. The molecule has 0 aromatic rings. The first-order valence-electron chi connectivity index (χ1n) is 7.11. The third-order valence-corrected chi connectivity index (χ3v) is 3.71. The van der Waals surface area contributed by atoms with Crippen molar-refractivity contribution in [3.8, 4) is 6.07 Å². The number of hydrogen-bond donors (Lipinski definition) is 1. The molecular weight excluding hydrogens is 210 g/mol. The highest BCUT2D eigenvalue weighted by molar-refractivity contribution is 5.16. The van der Waals surface area contributed by atoms with E-state index in [1.165, 1.54) is 25.7 Å². The van der Waals surface area contributed by atoms with Crippen LogP contribution in [0.15, 0.2) is 0 Å². The maximum atomic E-state index is 9.55. The maximum absolute atomic E-state index is 9.55. The molecule has 3 heteroatoms. The normalized spacial score (nSPS) is 19.0. The minimum absolute atomic E-state index is 0.293. The van der Waals surface area contributed by atoms with Gasteiger partial charge in [0, 0.05) is 6.54 Å². The molecule has 17 heavy (non-hydrogen) atoms. The zero-order valence-corrected chi connectivity index (χ0v) is 11.6. The molecule has 1 aliphatic rings. The van der Waals surface area contributed by atoms with Gasteiger partial charge in [-0.05, 0) is 44.8 Å². The van der Waals surface area contributed by atoms with E-state index in [0.29, 0.717) is 5.92 Å². The smallest absolute Gasteiger partial charge is 0.122 e. The van der Waals surface area contributed by atoms with Crippen LogP contribution in [0.4, 0.5) is 0 Å². The highest BCUT2D eigenvalue weighted by Gasteiger charge is 2.45. The van der Waals surface area contributed by atoms with Crippen molar-refractivity contribution in [1.82, 2.24) is 10.2 Å². The summed E-state index contributed by atoms with van der Waals surface area (Å²) < 4.78 is 0. The Hall–Kier alpha value is -0.590. The second-order valence-electron chi connectivity index (χ2n) is 5.11. The molecule has 1 unspecified atom stereocenters. The molecule has 0 heterocycles. The summed E-state index contributed by atoms with van der Waals surface area (Å²) in [6.07, 6.45) is 4.88. The number of likely N-dealkylation sites (N-methyl/N-ethyl adjacent to an activating group) is 2. The van der Waals surface area contributed by atoms with Crippen LogP contribution in [0.2, 0.25) is 0 Å². The number of rotatable bonds is 9. The molecule has 1 N–H and O–H groups in total. The summed E-state index contributed by atoms with van der Waals surface area (Å²) in [5.41, 5.74) is -0.293. The molecule has 1 saturated carbocycles. The highest BCUT2D eigenvalue weighted by Crippen LogP contribution is 2.39. The molecule has 3 nitrogen and oxygen atoms in total. The van der Waals surface area contributed by atoms with E-state index in [0.717, 1.165) is 26.2 Å². The van der Waals surface area contributed by atoms with E-state index in [1.54, 1.807) is 0 Å². The first kappa shape index (κ1) is 14.5. The number of unbranched alkanes of at least 4 members (excludes halogenated alkanes) is 1. The van der Waals surface area contributed by atoms with Gasteiger partial charge in [-0.1, -0.05) is 27.2 Å². The predicted molar refractivity (Wildman–Crippen MR) is 71.8 cm³/mol. The van der Waals surface area contributed by atoms with Gasteiger partial charge in [-0.25, -0.2) is 0 Å². The standard InChI is InChI=1S/C14H27N3/c1-4-7-10-17(6-3)12-14(11-15,16-5-2)13-8-9-13/h13,16H,4-10,12H2,1-3H3. The summed E-state index contributed by atoms with van der Waals surface area (Å²) in [6, 6.07) is 2.57. The molecule has 0 amide bonds. The zero-order valence-electron chi connectivity index (χ0n) is 11.6. The van der Waals surface area contributed by atoms with E-state index in [2.05, 4.69) is 37.1 Å². The minimum atomic E-state index is -0.293. The molecular formula is C14H27N3. The summed E-state index contributed by atoms with van der Waals surface area (Å²) in [5.74, 6) is 0.572. The van der Waals surface area contributed by atoms with Crippen LogP contribution >= 0.6 is 0 Å². The first-order chi connectivity index (χ1) is 8.22. The summed E-state index contributed by atoms with van der Waals surface area (Å²) in [6.45, 7) is 10.4. The lowest BCUT2D eigenvalue weighted by atomic mass is 9.94. The Morgan fingerprint density at radius 2 is 2.06 bits per heavy atom. The Morgan fingerprint density at radius 1 is 1.35 bits per heavy atom. The van der Waals surface area contributed by atoms with Crippen LogP contribution in [0.3, 0.4) is 0 Å². The lowest BCUT2D eigenvalue weighted by Crippen LogP contribution is -2.54. The van der Waals surface area contributed by atoms with Crippen LogP contribution in [0.25, 0.3) is 0 Å². The van der Waals surface area contributed by atoms with Crippen LogP contribution in [0.1, 0.15) is 46.5 Å². The fraction of sp³-hybridized carbons (Fsp3) is 0.929. The van der Waals surface area contributed by atoms with E-state index in [-0.39, 0.29) is 5.54 Å². The van der Waals surface area contributed by atoms with Crippen LogP contribution in [0.5, 0.6) is 0 Å². The average molecular weight is 237 g/mol. The van der Waals surface area contributed by atoms with Gasteiger partial charge in [0.05, 0.1) is 6.07 Å². The average Bonchev–Trinajstić information content (AvgIpc) is 3.17. The molecule has 0 aromatic carbocycles. The van der Waals surface area contributed by atoms with Crippen LogP contribution < -0.4 is 5.32 Å². The molecule has 0 aliphatic heterocycles. The van der Waals surface area contributed by atoms with E-state index in [4.69, 9.17) is 0 Å². The van der Waals surface area contributed by atoms with Crippen molar-refractivity contribution in [2.75, 3.05) is 26.2 Å². The number of nitrogens with one attached hydrogen (secondary N) is 1. The monoisotopic (exact) mass is 237 g/mol. The molecule has 0 saturated heterocycles. The fourth-order valence-electron chi connectivity index (χ4n) is 2.47. The van der Waals surface area contributed by atoms with Gasteiger partial charge in [0.15, 0.2) is 0 Å². The van der Waals surface area contributed by atoms with E-state index in [9.17, 15) is 5.26 Å². The van der Waals surface area contributed by atoms with Crippen LogP contribution in [0, 0.1) is 17.2 Å². The summed E-state index contributed by atoms with van der Waals surface area (Å²) >= 11 is 0. The van der Waals surface area contributed by atoms with Crippen molar-refractivity contribution >= 4 is 0 Å². The molecule has 1 atom stereocenters. The third-order valence-electron chi connectivity index (χ3n) is 3.71. The molecule has 1 aliphatic carbocycles. The van der Waals surface area contributed by atoms with Crippen molar-refractivity contribution in [2.45, 2.75) is 52.0 Å². The van der Waals surface area contributed by atoms with Crippen molar-refractivity contribution in [2.24, 2.45) is 5.92 Å². The van der Waals surface area contributed by atoms with E-state index in [1.807, 2.05) is 0 Å². The van der Waals surface area contributed by atoms with Crippen molar-refractivity contribution in [1.29, 1.82) is 5.26 Å². The van der Waals surface area contributed by atoms with Crippen molar-refractivity contribution in [3.63, 3.8) is 0 Å². The van der Waals surface area contributed by atoms with Gasteiger partial charge < -0.3 is 4.90 Å². The molecule has 98 valence electrons. The fourth-order valence-corrected chi connectivity index (χ4v) is 2.47. The Balaban J connectivity index is 2.60. The van der Waals surface area contributed by atoms with Crippen molar-refractivity contribution in [3.05, 3.63) is 0 Å². The van der Waals surface area contributed by atoms with Gasteiger partial charge in [-0.2, -0.15) is 5.26 Å². The Morgan fingerprint density at radius 3 is 2.47 bits per heavy atom. The lowest BCUT2D eigenvalue weighted by Gasteiger charge is -2.33. The molecule has 0 spiro atoms. The molecule has 1 fully saturated rings. The number of nitrogens with zero attached hydrogens (tertiary/aromatic N) is 2. The second-order valence-corrected chi connectivity index (χ2v) is 5.11. The zero-order chi connectivity index (χ0) is 12.7. The Bertz CT molecular complexity index is 255. The van der Waals surface area contributed by atoms with Crippen LogP contribution in [-0.4, -0.2) is 36.6 Å². The third kappa shape index (κ3) is 3.97. The number of hydrogen-bond acceptors (Lipinski definition) is 3. The number of nitriles is 1. The van der Waals surface area contributed by atoms with Crippen LogP contribution in [-0.2, 0) is 0 Å². The van der Waals surface area contributed by atoms with Gasteiger partial charge >= 0.3 is 0 Å². The summed E-state index contributed by atoms with van der Waals surface area (Å²) in [5, 5.41) is 13.0. The summed E-state index contributed by atoms with van der Waals surface area (Å²) in [7, 11) is 0. The molecule has 0 bridgehead atoms. The SMILES string of the molecule is CCCCN(CC)CC(C#N)(NCC)C1CC1. The van der Waals surface area contributed by atoms with Gasteiger partial charge in [0.1, 0.15) is 5.54 Å². The topological polar surface area (TPSA) is 39.1 Å². The van der Waals surface area contributed by atoms with Gasteiger partial charge in [-0.15, -0.1) is 0 Å². The first-order valence-corrected chi connectivity index (χ1v) is 7.11.